The zero-order chi connectivity index (χ0) is 9.66. The summed E-state index contributed by atoms with van der Waals surface area (Å²) in [4.78, 5) is 12.7. The quantitative estimate of drug-likeness (QED) is 0.273. The Morgan fingerprint density at radius 3 is 2.25 bits per heavy atom. The Bertz CT molecular complexity index is 113. The minimum Gasteiger partial charge on any atom is -0.402 e. The minimum atomic E-state index is -0.568. The summed E-state index contributed by atoms with van der Waals surface area (Å²) in [5.41, 5.74) is 0. The lowest BCUT2D eigenvalue weighted by Gasteiger charge is -1.86. The van der Waals surface area contributed by atoms with Gasteiger partial charge in [-0.2, -0.15) is 0 Å². The molecule has 0 aliphatic rings. The van der Waals surface area contributed by atoms with Crippen molar-refractivity contribution in [3.63, 3.8) is 0 Å². The summed E-state index contributed by atoms with van der Waals surface area (Å²) in [6.45, 7) is 2.69. The molecule has 0 N–H and O–H groups in total. The molecular formula is C7H17NO3Si. The lowest BCUT2D eigenvalue weighted by Crippen LogP contribution is -1.93. The molecule has 0 fully saturated rings. The maximum Gasteiger partial charge on any atom is 0.303 e. The predicted molar refractivity (Wildman–Crippen MR) is 50.5 cm³/mol. The third kappa shape index (κ3) is 22.7. The Hall–Kier alpha value is -0.483. The van der Waals surface area contributed by atoms with Crippen LogP contribution >= 0.6 is 0 Å². The number of hydrogen-bond donors (Lipinski definition) is 0. The van der Waals surface area contributed by atoms with E-state index in [4.69, 9.17) is 0 Å². The molecule has 0 saturated heterocycles. The van der Waals surface area contributed by atoms with E-state index in [9.17, 15) is 4.79 Å². The monoisotopic (exact) mass is 191 g/mol. The average molecular weight is 191 g/mol. The largest absolute Gasteiger partial charge is 0.402 e. The second-order valence-electron chi connectivity index (χ2n) is 2.02. The van der Waals surface area contributed by atoms with Crippen LogP contribution in [0.5, 0.6) is 0 Å². The van der Waals surface area contributed by atoms with E-state index in [1.165, 1.54) is 6.08 Å². The molecule has 0 spiro atoms. The number of aliphatic imine (C=N–C) groups is 1. The van der Waals surface area contributed by atoms with Gasteiger partial charge in [0.1, 0.15) is 0 Å². The van der Waals surface area contributed by atoms with Crippen LogP contribution in [-0.4, -0.2) is 36.9 Å². The van der Waals surface area contributed by atoms with Crippen molar-refractivity contribution in [2.24, 2.45) is 4.99 Å². The van der Waals surface area contributed by atoms with Crippen molar-refractivity contribution in [3.8, 4) is 0 Å². The molecule has 4 nitrogen and oxygen atoms in total. The van der Waals surface area contributed by atoms with Gasteiger partial charge >= 0.3 is 10.0 Å². The van der Waals surface area contributed by atoms with Crippen LogP contribution in [0.4, 0.5) is 0 Å². The van der Waals surface area contributed by atoms with Crippen molar-refractivity contribution in [3.05, 3.63) is 0 Å². The fraction of sp³-hybridized carbons (Fsp3) is 0.857. The predicted octanol–water partition coefficient (Wildman–Crippen LogP) is 0.400. The Morgan fingerprint density at radius 1 is 1.42 bits per heavy atom. The highest BCUT2D eigenvalue weighted by molar-refractivity contribution is 6.17. The Kier molecular flexibility index (Phi) is 19.8. The standard InChI is InChI=1S/C5H9NO.C2H8O2Si/c1-2-3-4-6-5-7;1-3-5-4-2/h2-4H2,1H3;5H2,1-2H3. The first-order valence-electron chi connectivity index (χ1n) is 3.84. The number of carbonyl (C=O) groups excluding carboxylic acids is 1. The van der Waals surface area contributed by atoms with E-state index in [0.29, 0.717) is 6.54 Å². The summed E-state index contributed by atoms with van der Waals surface area (Å²) in [5, 5.41) is 0. The summed E-state index contributed by atoms with van der Waals surface area (Å²) >= 11 is 0. The van der Waals surface area contributed by atoms with E-state index in [1.807, 2.05) is 0 Å². The van der Waals surface area contributed by atoms with E-state index in [2.05, 4.69) is 20.8 Å². The molecule has 72 valence electrons. The van der Waals surface area contributed by atoms with Crippen LogP contribution in [-0.2, 0) is 13.6 Å². The van der Waals surface area contributed by atoms with Crippen molar-refractivity contribution in [2.75, 3.05) is 20.8 Å². The third-order valence-corrected chi connectivity index (χ3v) is 1.40. The lowest BCUT2D eigenvalue weighted by atomic mass is 10.3. The van der Waals surface area contributed by atoms with Crippen molar-refractivity contribution in [1.29, 1.82) is 0 Å². The Labute approximate surface area is 76.0 Å². The van der Waals surface area contributed by atoms with Gasteiger partial charge in [0.05, 0.1) is 6.54 Å². The van der Waals surface area contributed by atoms with Crippen LogP contribution in [0.1, 0.15) is 19.8 Å². The van der Waals surface area contributed by atoms with Gasteiger partial charge in [0.2, 0.25) is 6.08 Å². The summed E-state index contributed by atoms with van der Waals surface area (Å²) in [6, 6.07) is 0. The molecule has 0 heterocycles. The highest BCUT2D eigenvalue weighted by Gasteiger charge is 1.74. The highest BCUT2D eigenvalue weighted by Crippen LogP contribution is 1.83. The Morgan fingerprint density at radius 2 is 2.00 bits per heavy atom. The van der Waals surface area contributed by atoms with Crippen LogP contribution in [0.3, 0.4) is 0 Å². The van der Waals surface area contributed by atoms with Gasteiger partial charge < -0.3 is 8.85 Å². The number of rotatable bonds is 5. The summed E-state index contributed by atoms with van der Waals surface area (Å²) in [6.07, 6.45) is 3.56. The van der Waals surface area contributed by atoms with Crippen molar-refractivity contribution in [2.45, 2.75) is 19.8 Å². The van der Waals surface area contributed by atoms with Crippen molar-refractivity contribution >= 4 is 16.1 Å². The summed E-state index contributed by atoms with van der Waals surface area (Å²) < 4.78 is 9.22. The molecule has 0 aromatic heterocycles. The van der Waals surface area contributed by atoms with E-state index >= 15 is 0 Å². The number of hydrogen-bond acceptors (Lipinski definition) is 4. The van der Waals surface area contributed by atoms with Gasteiger partial charge in [-0.25, -0.2) is 9.79 Å². The first-order chi connectivity index (χ1) is 5.83. The van der Waals surface area contributed by atoms with Gasteiger partial charge in [0.15, 0.2) is 0 Å². The van der Waals surface area contributed by atoms with E-state index in [1.54, 1.807) is 14.2 Å². The minimum absolute atomic E-state index is 0.568. The van der Waals surface area contributed by atoms with Crippen molar-refractivity contribution < 1.29 is 13.6 Å². The maximum absolute atomic E-state index is 9.39. The van der Waals surface area contributed by atoms with Crippen LogP contribution in [0, 0.1) is 0 Å². The van der Waals surface area contributed by atoms with Gasteiger partial charge in [-0.1, -0.05) is 13.3 Å². The topological polar surface area (TPSA) is 47.9 Å². The summed E-state index contributed by atoms with van der Waals surface area (Å²) in [5.74, 6) is 0. The van der Waals surface area contributed by atoms with Gasteiger partial charge in [-0.05, 0) is 6.42 Å². The fourth-order valence-electron chi connectivity index (χ4n) is 0.401. The highest BCUT2D eigenvalue weighted by atomic mass is 28.3. The molecular weight excluding hydrogens is 174 g/mol. The van der Waals surface area contributed by atoms with Crippen LogP contribution < -0.4 is 0 Å². The first kappa shape index (κ1) is 14.1. The maximum atomic E-state index is 9.39. The van der Waals surface area contributed by atoms with Gasteiger partial charge in [-0.3, -0.25) is 0 Å². The smallest absolute Gasteiger partial charge is 0.303 e. The molecule has 0 aromatic rings. The van der Waals surface area contributed by atoms with Gasteiger partial charge in [-0.15, -0.1) is 0 Å². The molecule has 0 aliphatic heterocycles. The molecule has 12 heavy (non-hydrogen) atoms. The van der Waals surface area contributed by atoms with E-state index in [0.717, 1.165) is 12.8 Å². The van der Waals surface area contributed by atoms with Gasteiger partial charge in [0, 0.05) is 14.2 Å². The van der Waals surface area contributed by atoms with E-state index < -0.39 is 10.0 Å². The molecule has 0 atom stereocenters. The van der Waals surface area contributed by atoms with Crippen LogP contribution in [0.25, 0.3) is 0 Å². The first-order valence-corrected chi connectivity index (χ1v) is 5.00. The molecule has 0 aliphatic carbocycles. The molecule has 0 aromatic carbocycles. The van der Waals surface area contributed by atoms with Crippen LogP contribution in [0.15, 0.2) is 4.99 Å². The molecule has 0 rings (SSSR count). The zero-order valence-electron chi connectivity index (χ0n) is 8.00. The van der Waals surface area contributed by atoms with E-state index in [-0.39, 0.29) is 0 Å². The van der Waals surface area contributed by atoms with Crippen molar-refractivity contribution in [1.82, 2.24) is 0 Å². The number of nitrogens with zero attached hydrogens (tertiary/aromatic N) is 1. The normalized spacial score (nSPS) is 7.92. The second kappa shape index (κ2) is 16.9. The molecule has 0 amide bonds. The Balaban J connectivity index is 0. The van der Waals surface area contributed by atoms with Gasteiger partial charge in [0.25, 0.3) is 0 Å². The molecule has 0 unspecified atom stereocenters. The molecule has 0 radical (unpaired) electrons. The average Bonchev–Trinajstić information content (AvgIpc) is 2.08. The SMILES string of the molecule is CCCCN=C=O.CO[SiH2]OC. The lowest BCUT2D eigenvalue weighted by molar-refractivity contribution is 0.309. The van der Waals surface area contributed by atoms with Crippen LogP contribution in [0.2, 0.25) is 0 Å². The third-order valence-electron chi connectivity index (χ3n) is 0.924. The molecule has 0 saturated carbocycles. The number of unbranched alkanes of at least 4 members (excludes halogenated alkanes) is 1. The molecule has 5 heteroatoms. The fourth-order valence-corrected chi connectivity index (χ4v) is 0.636. The zero-order valence-corrected chi connectivity index (χ0v) is 9.41. The molecule has 0 bridgehead atoms. The summed E-state index contributed by atoms with van der Waals surface area (Å²) in [7, 11) is 2.73. The number of isocyanates is 1. The second-order valence-corrected chi connectivity index (χ2v) is 3.41.